The largest absolute Gasteiger partial charge is 0.460 e. The van der Waals surface area contributed by atoms with Crippen LogP contribution >= 0.6 is 0 Å². The van der Waals surface area contributed by atoms with Crippen molar-refractivity contribution in [1.29, 1.82) is 0 Å². The summed E-state index contributed by atoms with van der Waals surface area (Å²) < 4.78 is 20.1. The van der Waals surface area contributed by atoms with E-state index in [4.69, 9.17) is 18.9 Å². The van der Waals surface area contributed by atoms with Crippen LogP contribution in [0.4, 0.5) is 5.69 Å². The van der Waals surface area contributed by atoms with Crippen molar-refractivity contribution in [3.05, 3.63) is 45.5 Å². The Bertz CT molecular complexity index is 682. The molecule has 148 valence electrons. The van der Waals surface area contributed by atoms with E-state index in [0.717, 1.165) is 6.42 Å². The highest BCUT2D eigenvalue weighted by atomic mass is 16.7. The van der Waals surface area contributed by atoms with Crippen molar-refractivity contribution >= 4 is 23.5 Å². The monoisotopic (exact) mass is 381 g/mol. The first kappa shape index (κ1) is 22.4. The minimum atomic E-state index is -1.31. The van der Waals surface area contributed by atoms with Gasteiger partial charge in [0.2, 0.25) is 12.1 Å². The maximum Gasteiger partial charge on any atom is 0.342 e. The number of carbonyl (C=O) groups excluding carboxylic acids is 2. The molecule has 0 amide bonds. The summed E-state index contributed by atoms with van der Waals surface area (Å²) in [6.07, 6.45) is 0.724. The first-order valence-electron chi connectivity index (χ1n) is 8.25. The first-order chi connectivity index (χ1) is 12.9. The average Bonchev–Trinajstić information content (AvgIpc) is 2.66. The Morgan fingerprint density at radius 1 is 1.19 bits per heavy atom. The van der Waals surface area contributed by atoms with Crippen LogP contribution in [0, 0.1) is 10.1 Å². The fourth-order valence-electron chi connectivity index (χ4n) is 2.08. The molecule has 0 aliphatic rings. The van der Waals surface area contributed by atoms with Crippen LogP contribution in [0.15, 0.2) is 29.8 Å². The lowest BCUT2D eigenvalue weighted by molar-refractivity contribution is -0.384. The summed E-state index contributed by atoms with van der Waals surface area (Å²) in [5, 5.41) is 10.9. The molecular weight excluding hydrogens is 358 g/mol. The number of nitrogens with zero attached hydrogens (tertiary/aromatic N) is 1. The van der Waals surface area contributed by atoms with Crippen molar-refractivity contribution in [1.82, 2.24) is 0 Å². The van der Waals surface area contributed by atoms with E-state index >= 15 is 0 Å². The van der Waals surface area contributed by atoms with Gasteiger partial charge in [0.15, 0.2) is 0 Å². The predicted molar refractivity (Wildman–Crippen MR) is 96.0 cm³/mol. The molecule has 0 spiro atoms. The van der Waals surface area contributed by atoms with Gasteiger partial charge in [-0.2, -0.15) is 0 Å². The van der Waals surface area contributed by atoms with Gasteiger partial charge >= 0.3 is 5.97 Å². The quantitative estimate of drug-likeness (QED) is 0.0790. The fraction of sp³-hybridized carbons (Fsp3) is 0.444. The molecule has 0 aliphatic carbocycles. The normalized spacial score (nSPS) is 11.5. The lowest BCUT2D eigenvalue weighted by Gasteiger charge is -2.14. The molecule has 0 bridgehead atoms. The zero-order chi connectivity index (χ0) is 20.2. The number of non-ortho nitro benzene ring substituents is 1. The van der Waals surface area contributed by atoms with Crippen molar-refractivity contribution in [2.45, 2.75) is 19.6 Å². The Labute approximate surface area is 157 Å². The number of nitro groups is 1. The van der Waals surface area contributed by atoms with Gasteiger partial charge in [0.1, 0.15) is 12.2 Å². The van der Waals surface area contributed by atoms with Crippen LogP contribution in [-0.4, -0.2) is 57.0 Å². The number of ketones is 1. The van der Waals surface area contributed by atoms with E-state index in [1.165, 1.54) is 44.6 Å². The number of hydrogen-bond donors (Lipinski definition) is 0. The summed E-state index contributed by atoms with van der Waals surface area (Å²) in [6, 6.07) is 5.50. The Balaban J connectivity index is 3.06. The minimum absolute atomic E-state index is 0.0387. The van der Waals surface area contributed by atoms with Crippen LogP contribution in [0.3, 0.4) is 0 Å². The van der Waals surface area contributed by atoms with E-state index in [2.05, 4.69) is 0 Å². The first-order valence-corrected chi connectivity index (χ1v) is 8.25. The highest BCUT2D eigenvalue weighted by molar-refractivity contribution is 6.21. The minimum Gasteiger partial charge on any atom is -0.460 e. The predicted octanol–water partition coefficient (Wildman–Crippen LogP) is 2.14. The van der Waals surface area contributed by atoms with Crippen LogP contribution in [-0.2, 0) is 28.5 Å². The number of benzene rings is 1. The van der Waals surface area contributed by atoms with Crippen molar-refractivity contribution in [3.8, 4) is 0 Å². The van der Waals surface area contributed by atoms with Gasteiger partial charge in [0.05, 0.1) is 11.5 Å². The molecule has 0 atom stereocenters. The number of carbonyl (C=O) groups is 2. The number of nitro benzene ring substituents is 1. The molecular formula is C18H23NO8. The van der Waals surface area contributed by atoms with Gasteiger partial charge in [-0.15, -0.1) is 0 Å². The Morgan fingerprint density at radius 3 is 2.48 bits per heavy atom. The molecule has 0 unspecified atom stereocenters. The number of methoxy groups -OCH3 is 2. The van der Waals surface area contributed by atoms with Crippen molar-refractivity contribution in [2.24, 2.45) is 0 Å². The van der Waals surface area contributed by atoms with E-state index in [0.29, 0.717) is 6.61 Å². The highest BCUT2D eigenvalue weighted by Gasteiger charge is 2.28. The zero-order valence-corrected chi connectivity index (χ0v) is 15.5. The SMILES string of the molecule is CCCOCCOC(=O)/C(=C/c1cccc([N+](=O)[O-])c1)C(=O)C(OC)OC. The van der Waals surface area contributed by atoms with Crippen LogP contribution in [0.5, 0.6) is 0 Å². The second-order valence-corrected chi connectivity index (χ2v) is 5.33. The summed E-state index contributed by atoms with van der Waals surface area (Å²) in [6.45, 7) is 2.63. The molecule has 0 saturated heterocycles. The topological polar surface area (TPSA) is 114 Å². The van der Waals surface area contributed by atoms with Gasteiger partial charge in [-0.25, -0.2) is 4.79 Å². The Hall–Kier alpha value is -2.62. The second-order valence-electron chi connectivity index (χ2n) is 5.33. The number of hydrogen-bond acceptors (Lipinski definition) is 8. The molecule has 0 saturated carbocycles. The molecule has 27 heavy (non-hydrogen) atoms. The van der Waals surface area contributed by atoms with Crippen LogP contribution in [0.25, 0.3) is 6.08 Å². The molecule has 0 aromatic heterocycles. The van der Waals surface area contributed by atoms with Crippen molar-refractivity contribution in [2.75, 3.05) is 34.0 Å². The van der Waals surface area contributed by atoms with E-state index in [9.17, 15) is 19.7 Å². The summed E-state index contributed by atoms with van der Waals surface area (Å²) in [4.78, 5) is 35.2. The average molecular weight is 381 g/mol. The van der Waals surface area contributed by atoms with Crippen molar-refractivity contribution in [3.63, 3.8) is 0 Å². The Morgan fingerprint density at radius 2 is 1.89 bits per heavy atom. The van der Waals surface area contributed by atoms with E-state index in [-0.39, 0.29) is 30.0 Å². The molecule has 0 aliphatic heterocycles. The summed E-state index contributed by atoms with van der Waals surface area (Å²) >= 11 is 0. The summed E-state index contributed by atoms with van der Waals surface area (Å²) in [5.41, 5.74) is -0.232. The van der Waals surface area contributed by atoms with Gasteiger partial charge in [-0.3, -0.25) is 14.9 Å². The van der Waals surface area contributed by atoms with Gasteiger partial charge in [0.25, 0.3) is 5.69 Å². The van der Waals surface area contributed by atoms with E-state index in [1.54, 1.807) is 0 Å². The van der Waals surface area contributed by atoms with E-state index in [1.807, 2.05) is 6.92 Å². The molecule has 9 nitrogen and oxygen atoms in total. The molecule has 9 heteroatoms. The lowest BCUT2D eigenvalue weighted by atomic mass is 10.1. The molecule has 1 aromatic rings. The molecule has 0 N–H and O–H groups in total. The van der Waals surface area contributed by atoms with E-state index < -0.39 is 23.0 Å². The molecule has 0 heterocycles. The standard InChI is InChI=1S/C18H23NO8/c1-4-8-26-9-10-27-17(21)15(16(20)18(24-2)25-3)12-13-6-5-7-14(11-13)19(22)23/h5-7,11-12,18H,4,8-10H2,1-3H3/b15-12+. The maximum atomic E-state index is 12.5. The number of Topliss-reactive ketones (excluding diaryl/α,β-unsaturated/α-hetero) is 1. The van der Waals surface area contributed by atoms with Crippen LogP contribution in [0.1, 0.15) is 18.9 Å². The van der Waals surface area contributed by atoms with Gasteiger partial charge in [-0.05, 0) is 18.1 Å². The molecule has 0 fully saturated rings. The Kier molecular flexibility index (Phi) is 9.88. The van der Waals surface area contributed by atoms with Crippen LogP contribution < -0.4 is 0 Å². The molecule has 1 rings (SSSR count). The summed E-state index contributed by atoms with van der Waals surface area (Å²) in [7, 11) is 2.50. The number of esters is 1. The third-order valence-corrected chi connectivity index (χ3v) is 3.33. The second kappa shape index (κ2) is 11.9. The van der Waals surface area contributed by atoms with Crippen LogP contribution in [0.2, 0.25) is 0 Å². The fourth-order valence-corrected chi connectivity index (χ4v) is 2.08. The maximum absolute atomic E-state index is 12.5. The number of rotatable bonds is 12. The number of ether oxygens (including phenoxy) is 4. The lowest BCUT2D eigenvalue weighted by Crippen LogP contribution is -2.30. The van der Waals surface area contributed by atoms with Gasteiger partial charge in [-0.1, -0.05) is 19.1 Å². The van der Waals surface area contributed by atoms with Crippen molar-refractivity contribution < 1.29 is 33.5 Å². The zero-order valence-electron chi connectivity index (χ0n) is 15.5. The van der Waals surface area contributed by atoms with Gasteiger partial charge < -0.3 is 18.9 Å². The highest BCUT2D eigenvalue weighted by Crippen LogP contribution is 2.18. The smallest absolute Gasteiger partial charge is 0.342 e. The third-order valence-electron chi connectivity index (χ3n) is 3.33. The summed E-state index contributed by atoms with van der Waals surface area (Å²) in [5.74, 6) is -1.66. The van der Waals surface area contributed by atoms with Gasteiger partial charge in [0, 0.05) is 33.0 Å². The third kappa shape index (κ3) is 7.26. The molecule has 1 aromatic carbocycles. The molecule has 0 radical (unpaired) electrons.